The van der Waals surface area contributed by atoms with Crippen LogP contribution in [0, 0.1) is 3.70 Å². The molecule has 3 rings (SSSR count). The molecule has 0 saturated heterocycles. The summed E-state index contributed by atoms with van der Waals surface area (Å²) in [5.74, 6) is 0.283. The van der Waals surface area contributed by atoms with Gasteiger partial charge in [0.2, 0.25) is 0 Å². The number of imidazole rings is 1. The summed E-state index contributed by atoms with van der Waals surface area (Å²) in [6.07, 6.45) is 3.85. The molecule has 0 atom stereocenters. The lowest BCUT2D eigenvalue weighted by molar-refractivity contribution is 0.475. The minimum atomic E-state index is 0.283. The van der Waals surface area contributed by atoms with Crippen LogP contribution in [-0.4, -0.2) is 14.5 Å². The van der Waals surface area contributed by atoms with E-state index < -0.39 is 0 Å². The first kappa shape index (κ1) is 10.6. The average Bonchev–Trinajstić information content (AvgIpc) is 2.72. The zero-order chi connectivity index (χ0) is 11.8. The van der Waals surface area contributed by atoms with E-state index in [1.807, 2.05) is 41.1 Å². The largest absolute Gasteiger partial charge is 0.508 e. The third kappa shape index (κ3) is 1.88. The van der Waals surface area contributed by atoms with Crippen molar-refractivity contribution < 1.29 is 5.11 Å². The summed E-state index contributed by atoms with van der Waals surface area (Å²) in [5.41, 5.74) is 3.10. The monoisotopic (exact) mass is 336 g/mol. The van der Waals surface area contributed by atoms with Crippen LogP contribution in [0.4, 0.5) is 0 Å². The van der Waals surface area contributed by atoms with Crippen molar-refractivity contribution in [1.29, 1.82) is 0 Å². The van der Waals surface area contributed by atoms with Crippen molar-refractivity contribution >= 4 is 28.2 Å². The number of halogens is 1. The van der Waals surface area contributed by atoms with Crippen LogP contribution in [0.25, 0.3) is 16.8 Å². The number of hydrogen-bond donors (Lipinski definition) is 1. The molecule has 17 heavy (non-hydrogen) atoms. The van der Waals surface area contributed by atoms with Crippen LogP contribution in [0.1, 0.15) is 0 Å². The Kier molecular flexibility index (Phi) is 2.51. The topological polar surface area (TPSA) is 37.5 Å². The Balaban J connectivity index is 2.14. The fourth-order valence-electron chi connectivity index (χ4n) is 1.78. The number of phenols is 1. The van der Waals surface area contributed by atoms with Crippen molar-refractivity contribution in [2.45, 2.75) is 0 Å². The molecule has 84 valence electrons. The Morgan fingerprint density at radius 1 is 1.06 bits per heavy atom. The summed E-state index contributed by atoms with van der Waals surface area (Å²) >= 11 is 2.25. The first-order valence-corrected chi connectivity index (χ1v) is 6.24. The molecule has 0 saturated carbocycles. The maximum absolute atomic E-state index is 9.26. The molecule has 0 aliphatic heterocycles. The Morgan fingerprint density at radius 2 is 1.82 bits per heavy atom. The highest BCUT2D eigenvalue weighted by Gasteiger charge is 2.03. The lowest BCUT2D eigenvalue weighted by atomic mass is 10.1. The predicted octanol–water partition coefficient (Wildman–Crippen LogP) is 3.31. The van der Waals surface area contributed by atoms with Crippen molar-refractivity contribution in [1.82, 2.24) is 9.38 Å². The van der Waals surface area contributed by atoms with E-state index in [0.29, 0.717) is 0 Å². The van der Waals surface area contributed by atoms with Crippen LogP contribution in [0.5, 0.6) is 5.75 Å². The molecular weight excluding hydrogens is 327 g/mol. The third-order valence-electron chi connectivity index (χ3n) is 2.67. The van der Waals surface area contributed by atoms with Gasteiger partial charge in [0.25, 0.3) is 0 Å². The van der Waals surface area contributed by atoms with E-state index >= 15 is 0 Å². The van der Waals surface area contributed by atoms with Gasteiger partial charge in [0.15, 0.2) is 0 Å². The first-order chi connectivity index (χ1) is 8.24. The van der Waals surface area contributed by atoms with Gasteiger partial charge in [-0.2, -0.15) is 0 Å². The van der Waals surface area contributed by atoms with E-state index in [2.05, 4.69) is 27.6 Å². The van der Waals surface area contributed by atoms with Gasteiger partial charge in [0, 0.05) is 6.20 Å². The quantitative estimate of drug-likeness (QED) is 0.693. The van der Waals surface area contributed by atoms with Crippen molar-refractivity contribution in [3.05, 3.63) is 52.5 Å². The first-order valence-electron chi connectivity index (χ1n) is 5.16. The van der Waals surface area contributed by atoms with E-state index in [1.165, 1.54) is 0 Å². The Bertz CT molecular complexity index is 673. The lowest BCUT2D eigenvalue weighted by Crippen LogP contribution is -1.87. The van der Waals surface area contributed by atoms with Gasteiger partial charge in [-0.15, -0.1) is 0 Å². The second-order valence-corrected chi connectivity index (χ2v) is 4.88. The zero-order valence-corrected chi connectivity index (χ0v) is 11.0. The summed E-state index contributed by atoms with van der Waals surface area (Å²) < 4.78 is 3.12. The van der Waals surface area contributed by atoms with Crippen molar-refractivity contribution in [3.63, 3.8) is 0 Å². The molecule has 0 aliphatic carbocycles. The number of rotatable bonds is 1. The summed E-state index contributed by atoms with van der Waals surface area (Å²) in [6.45, 7) is 0. The minimum Gasteiger partial charge on any atom is -0.508 e. The molecular formula is C13H9IN2O. The second kappa shape index (κ2) is 4.03. The standard InChI is InChI=1S/C13H9IN2O/c14-12-8-15-13-7-10(5-6-16(12)13)9-1-3-11(17)4-2-9/h1-8,17H. The molecule has 0 fully saturated rings. The smallest absolute Gasteiger partial charge is 0.138 e. The number of aromatic hydroxyl groups is 1. The van der Waals surface area contributed by atoms with E-state index in [1.54, 1.807) is 12.1 Å². The van der Waals surface area contributed by atoms with Gasteiger partial charge in [-0.25, -0.2) is 4.98 Å². The van der Waals surface area contributed by atoms with E-state index in [-0.39, 0.29) is 5.75 Å². The molecule has 0 aliphatic rings. The van der Waals surface area contributed by atoms with Crippen LogP contribution in [0.3, 0.4) is 0 Å². The molecule has 0 amide bonds. The number of aromatic nitrogens is 2. The van der Waals surface area contributed by atoms with Gasteiger partial charge in [0.1, 0.15) is 15.1 Å². The minimum absolute atomic E-state index is 0.283. The van der Waals surface area contributed by atoms with E-state index in [4.69, 9.17) is 0 Å². The number of fused-ring (bicyclic) bond motifs is 1. The van der Waals surface area contributed by atoms with Gasteiger partial charge in [-0.3, -0.25) is 4.40 Å². The fraction of sp³-hybridized carbons (Fsp3) is 0. The SMILES string of the molecule is Oc1ccc(-c2ccn3c(I)cnc3c2)cc1. The Morgan fingerprint density at radius 3 is 2.59 bits per heavy atom. The third-order valence-corrected chi connectivity index (χ3v) is 3.47. The van der Waals surface area contributed by atoms with Crippen LogP contribution >= 0.6 is 22.6 Å². The number of pyridine rings is 1. The van der Waals surface area contributed by atoms with Crippen molar-refractivity contribution in [2.24, 2.45) is 0 Å². The van der Waals surface area contributed by atoms with Crippen LogP contribution in [0.15, 0.2) is 48.8 Å². The van der Waals surface area contributed by atoms with Gasteiger partial charge in [-0.05, 0) is 58.0 Å². The van der Waals surface area contributed by atoms with Crippen LogP contribution in [0.2, 0.25) is 0 Å². The zero-order valence-electron chi connectivity index (χ0n) is 8.84. The van der Waals surface area contributed by atoms with Gasteiger partial charge < -0.3 is 5.11 Å². The highest BCUT2D eigenvalue weighted by Crippen LogP contribution is 2.23. The number of phenolic OH excluding ortho intramolecular Hbond substituents is 1. The number of hydrogen-bond acceptors (Lipinski definition) is 2. The second-order valence-electron chi connectivity index (χ2n) is 3.77. The molecule has 0 unspecified atom stereocenters. The van der Waals surface area contributed by atoms with Gasteiger partial charge in [0.05, 0.1) is 6.20 Å². The molecule has 0 spiro atoms. The van der Waals surface area contributed by atoms with Gasteiger partial charge >= 0.3 is 0 Å². The molecule has 0 bridgehead atoms. The van der Waals surface area contributed by atoms with Crippen molar-refractivity contribution in [3.8, 4) is 16.9 Å². The Labute approximate surface area is 112 Å². The molecule has 2 heterocycles. The number of nitrogens with zero attached hydrogens (tertiary/aromatic N) is 2. The maximum atomic E-state index is 9.26. The summed E-state index contributed by atoms with van der Waals surface area (Å²) in [7, 11) is 0. The normalized spacial score (nSPS) is 10.9. The average molecular weight is 336 g/mol. The summed E-state index contributed by atoms with van der Waals surface area (Å²) in [5, 5.41) is 9.26. The van der Waals surface area contributed by atoms with E-state index in [9.17, 15) is 5.11 Å². The molecule has 1 N–H and O–H groups in total. The fourth-order valence-corrected chi connectivity index (χ4v) is 2.33. The molecule has 1 aromatic carbocycles. The summed E-state index contributed by atoms with van der Waals surface area (Å²) in [6, 6.07) is 11.3. The van der Waals surface area contributed by atoms with Gasteiger partial charge in [-0.1, -0.05) is 12.1 Å². The highest BCUT2D eigenvalue weighted by atomic mass is 127. The molecule has 3 nitrogen and oxygen atoms in total. The lowest BCUT2D eigenvalue weighted by Gasteiger charge is -2.03. The highest BCUT2D eigenvalue weighted by molar-refractivity contribution is 14.1. The Hall–Kier alpha value is -1.56. The molecule has 0 radical (unpaired) electrons. The van der Waals surface area contributed by atoms with Crippen LogP contribution < -0.4 is 0 Å². The molecule has 4 heteroatoms. The maximum Gasteiger partial charge on any atom is 0.138 e. The van der Waals surface area contributed by atoms with Crippen molar-refractivity contribution in [2.75, 3.05) is 0 Å². The summed E-state index contributed by atoms with van der Waals surface area (Å²) in [4.78, 5) is 4.33. The van der Waals surface area contributed by atoms with E-state index in [0.717, 1.165) is 20.5 Å². The molecule has 2 aromatic heterocycles. The molecule has 3 aromatic rings. The predicted molar refractivity (Wildman–Crippen MR) is 75.0 cm³/mol. The van der Waals surface area contributed by atoms with Crippen LogP contribution in [-0.2, 0) is 0 Å². The number of benzene rings is 1.